The number of carbonyl (C=O) groups is 1. The van der Waals surface area contributed by atoms with Crippen molar-refractivity contribution < 1.29 is 13.2 Å². The van der Waals surface area contributed by atoms with Gasteiger partial charge in [0.25, 0.3) is 0 Å². The Hall–Kier alpha value is -1.67. The van der Waals surface area contributed by atoms with Crippen LogP contribution < -0.4 is 5.73 Å². The number of halogens is 1. The van der Waals surface area contributed by atoms with Crippen LogP contribution in [0, 0.1) is 0 Å². The number of rotatable bonds is 5. The smallest absolute Gasteiger partial charge is 0.223 e. The van der Waals surface area contributed by atoms with Gasteiger partial charge in [0.05, 0.1) is 16.8 Å². The van der Waals surface area contributed by atoms with Gasteiger partial charge in [0, 0.05) is 30.6 Å². The summed E-state index contributed by atoms with van der Waals surface area (Å²) in [6.07, 6.45) is 5.36. The molecule has 2 fully saturated rings. The van der Waals surface area contributed by atoms with Gasteiger partial charge in [-0.2, -0.15) is 0 Å². The Labute approximate surface area is 189 Å². The lowest BCUT2D eigenvalue weighted by molar-refractivity contribution is -0.132. The molecule has 31 heavy (non-hydrogen) atoms. The van der Waals surface area contributed by atoms with E-state index in [0.717, 1.165) is 36.6 Å². The summed E-state index contributed by atoms with van der Waals surface area (Å²) in [5, 5.41) is 2.31. The normalized spacial score (nSPS) is 21.5. The molecule has 0 radical (unpaired) electrons. The standard InChI is InChI=1S/C23H30ClN3O3S/c24-19-6-4-18-16-21(7-5-17(18)15-19)31(29,30)14-10-23(28)26-12-8-20(9-13-26)27-11-2-1-3-22(27)25/h4-7,15-16,20,22H,1-3,8-14,25H2. The Morgan fingerprint density at radius 2 is 1.71 bits per heavy atom. The molecule has 2 aromatic carbocycles. The predicted molar refractivity (Wildman–Crippen MR) is 124 cm³/mol. The summed E-state index contributed by atoms with van der Waals surface area (Å²) >= 11 is 6.00. The molecular weight excluding hydrogens is 434 g/mol. The van der Waals surface area contributed by atoms with Gasteiger partial charge in [-0.05, 0) is 73.7 Å². The van der Waals surface area contributed by atoms with E-state index >= 15 is 0 Å². The Bertz CT molecular complexity index is 1050. The van der Waals surface area contributed by atoms with E-state index in [-0.39, 0.29) is 29.1 Å². The second kappa shape index (κ2) is 9.45. The molecule has 8 heteroatoms. The average Bonchev–Trinajstić information content (AvgIpc) is 2.77. The second-order valence-corrected chi connectivity index (χ2v) is 11.2. The monoisotopic (exact) mass is 463 g/mol. The zero-order chi connectivity index (χ0) is 22.0. The Morgan fingerprint density at radius 3 is 2.45 bits per heavy atom. The summed E-state index contributed by atoms with van der Waals surface area (Å²) in [5.41, 5.74) is 6.27. The van der Waals surface area contributed by atoms with E-state index in [0.29, 0.717) is 24.2 Å². The molecule has 2 N–H and O–H groups in total. The van der Waals surface area contributed by atoms with Crippen molar-refractivity contribution in [1.82, 2.24) is 9.80 Å². The first-order valence-corrected chi connectivity index (χ1v) is 13.1. The summed E-state index contributed by atoms with van der Waals surface area (Å²) in [6, 6.07) is 10.8. The van der Waals surface area contributed by atoms with Crippen LogP contribution in [0.5, 0.6) is 0 Å². The molecule has 1 atom stereocenters. The highest BCUT2D eigenvalue weighted by atomic mass is 35.5. The van der Waals surface area contributed by atoms with Gasteiger partial charge in [0.2, 0.25) is 5.91 Å². The van der Waals surface area contributed by atoms with Crippen LogP contribution in [0.2, 0.25) is 5.02 Å². The molecule has 1 unspecified atom stereocenters. The zero-order valence-corrected chi connectivity index (χ0v) is 19.2. The molecule has 2 saturated heterocycles. The highest BCUT2D eigenvalue weighted by Gasteiger charge is 2.31. The number of hydrogen-bond acceptors (Lipinski definition) is 5. The Kier molecular flexibility index (Phi) is 6.86. The highest BCUT2D eigenvalue weighted by molar-refractivity contribution is 7.91. The van der Waals surface area contributed by atoms with Crippen LogP contribution in [0.4, 0.5) is 0 Å². The third-order valence-corrected chi connectivity index (χ3v) is 8.54. The van der Waals surface area contributed by atoms with Crippen molar-refractivity contribution in [3.05, 3.63) is 41.4 Å². The van der Waals surface area contributed by atoms with Gasteiger partial charge in [-0.3, -0.25) is 9.69 Å². The average molecular weight is 464 g/mol. The van der Waals surface area contributed by atoms with Gasteiger partial charge >= 0.3 is 0 Å². The molecule has 4 rings (SSSR count). The molecule has 6 nitrogen and oxygen atoms in total. The number of nitrogens with zero attached hydrogens (tertiary/aromatic N) is 2. The third kappa shape index (κ3) is 5.22. The SMILES string of the molecule is NC1CCCCN1C1CCN(C(=O)CCS(=O)(=O)c2ccc3cc(Cl)ccc3c2)CC1. The van der Waals surface area contributed by atoms with Crippen LogP contribution in [0.3, 0.4) is 0 Å². The quantitative estimate of drug-likeness (QED) is 0.734. The van der Waals surface area contributed by atoms with Crippen LogP contribution in [-0.2, 0) is 14.6 Å². The fourth-order valence-corrected chi connectivity index (χ4v) is 6.21. The van der Waals surface area contributed by atoms with Crippen LogP contribution in [0.1, 0.15) is 38.5 Å². The van der Waals surface area contributed by atoms with Crippen molar-refractivity contribution in [2.75, 3.05) is 25.4 Å². The van der Waals surface area contributed by atoms with Crippen LogP contribution >= 0.6 is 11.6 Å². The van der Waals surface area contributed by atoms with E-state index in [2.05, 4.69) is 4.90 Å². The summed E-state index contributed by atoms with van der Waals surface area (Å²) in [5.74, 6) is -0.264. The lowest BCUT2D eigenvalue weighted by Crippen LogP contribution is -2.54. The fraction of sp³-hybridized carbons (Fsp3) is 0.522. The Balaban J connectivity index is 1.32. The van der Waals surface area contributed by atoms with E-state index in [1.165, 1.54) is 12.8 Å². The van der Waals surface area contributed by atoms with E-state index < -0.39 is 9.84 Å². The molecule has 2 aromatic rings. The number of sulfone groups is 1. The van der Waals surface area contributed by atoms with E-state index in [9.17, 15) is 13.2 Å². The number of carbonyl (C=O) groups excluding carboxylic acids is 1. The molecule has 0 spiro atoms. The van der Waals surface area contributed by atoms with Crippen LogP contribution in [-0.4, -0.2) is 61.7 Å². The summed E-state index contributed by atoms with van der Waals surface area (Å²) in [6.45, 7) is 2.38. The van der Waals surface area contributed by atoms with Gasteiger partial charge < -0.3 is 10.6 Å². The van der Waals surface area contributed by atoms with Crippen molar-refractivity contribution in [1.29, 1.82) is 0 Å². The number of benzene rings is 2. The number of piperidine rings is 2. The second-order valence-electron chi connectivity index (χ2n) is 8.64. The van der Waals surface area contributed by atoms with Gasteiger partial charge in [-0.1, -0.05) is 23.7 Å². The molecule has 0 saturated carbocycles. The van der Waals surface area contributed by atoms with E-state index in [1.807, 2.05) is 4.90 Å². The van der Waals surface area contributed by atoms with Crippen molar-refractivity contribution in [3.8, 4) is 0 Å². The molecule has 2 heterocycles. The number of hydrogen-bond donors (Lipinski definition) is 1. The maximum atomic E-state index is 12.8. The molecule has 2 aliphatic heterocycles. The largest absolute Gasteiger partial charge is 0.343 e. The first kappa shape index (κ1) is 22.5. The minimum absolute atomic E-state index is 0.00881. The van der Waals surface area contributed by atoms with Crippen molar-refractivity contribution in [2.45, 2.75) is 55.6 Å². The van der Waals surface area contributed by atoms with E-state index in [4.69, 9.17) is 17.3 Å². The summed E-state index contributed by atoms with van der Waals surface area (Å²) in [7, 11) is -3.54. The summed E-state index contributed by atoms with van der Waals surface area (Å²) < 4.78 is 25.6. The van der Waals surface area contributed by atoms with Gasteiger partial charge in [0.1, 0.15) is 0 Å². The molecule has 1 amide bonds. The molecule has 168 valence electrons. The summed E-state index contributed by atoms with van der Waals surface area (Å²) in [4.78, 5) is 17.1. The molecule has 0 aromatic heterocycles. The molecule has 0 bridgehead atoms. The van der Waals surface area contributed by atoms with Crippen molar-refractivity contribution in [2.24, 2.45) is 5.73 Å². The van der Waals surface area contributed by atoms with Crippen LogP contribution in [0.15, 0.2) is 41.3 Å². The van der Waals surface area contributed by atoms with Gasteiger partial charge in [-0.25, -0.2) is 8.42 Å². The zero-order valence-electron chi connectivity index (χ0n) is 17.7. The van der Waals surface area contributed by atoms with Crippen molar-refractivity contribution >= 4 is 38.1 Å². The first-order valence-electron chi connectivity index (χ1n) is 11.0. The maximum absolute atomic E-state index is 12.8. The number of likely N-dealkylation sites (tertiary alicyclic amines) is 2. The third-order valence-electron chi connectivity index (χ3n) is 6.60. The lowest BCUT2D eigenvalue weighted by Gasteiger charge is -2.43. The number of fused-ring (bicyclic) bond motifs is 1. The maximum Gasteiger partial charge on any atom is 0.223 e. The van der Waals surface area contributed by atoms with Gasteiger partial charge in [-0.15, -0.1) is 0 Å². The molecule has 2 aliphatic rings. The lowest BCUT2D eigenvalue weighted by atomic mass is 9.98. The van der Waals surface area contributed by atoms with E-state index in [1.54, 1.807) is 36.4 Å². The minimum Gasteiger partial charge on any atom is -0.343 e. The highest BCUT2D eigenvalue weighted by Crippen LogP contribution is 2.25. The number of nitrogens with two attached hydrogens (primary N) is 1. The number of amides is 1. The van der Waals surface area contributed by atoms with Crippen molar-refractivity contribution in [3.63, 3.8) is 0 Å². The predicted octanol–water partition coefficient (Wildman–Crippen LogP) is 3.42. The fourth-order valence-electron chi connectivity index (χ4n) is 4.77. The Morgan fingerprint density at radius 1 is 1.00 bits per heavy atom. The molecule has 0 aliphatic carbocycles. The van der Waals surface area contributed by atoms with Gasteiger partial charge in [0.15, 0.2) is 9.84 Å². The minimum atomic E-state index is -3.54. The van der Waals surface area contributed by atoms with Crippen LogP contribution in [0.25, 0.3) is 10.8 Å². The molecular formula is C23H30ClN3O3S. The first-order chi connectivity index (χ1) is 14.8. The topological polar surface area (TPSA) is 83.7 Å².